The maximum atomic E-state index is 13.6. The number of pyridine rings is 3. The standard InChI is InChI=1S/C30H33FN2O3.2C27H30FNO2.CH4/c1-17-28-26(12-9-23-8-7-20(16-32-23)19-3-2-4-22(31)13-19)25-11-10-24(33-29(34)18-5-6-18)14-21(25)15-27(28)30(35)36-17;2*1-16-6-10-23-20(12-16)14-25-26(17(2)31-27(25)30)24(23)11-9-22-8-7-19(15-29-22)18-4-3-5-21(28)13-18;/h2-4,7-9,12-13,16-18,21,24-28H,5-6,10-11,14-15H2,1H3,(H,33,34);2*3-5,7-9,11,13,15-17,20,23-26H,6,10,12,14H2,1-2H3;1H4/b12-9+;2*11-9+;/t17-,21+,24-,25-,26+,27-,28+;2*16-,17-,20+,23-,24+,25-,26+;/m111./s1. The van der Waals surface area contributed by atoms with Gasteiger partial charge in [-0.1, -0.05) is 107 Å². The predicted molar refractivity (Wildman–Crippen MR) is 380 cm³/mol. The van der Waals surface area contributed by atoms with E-state index in [0.717, 1.165) is 114 Å². The molecule has 3 aromatic heterocycles. The summed E-state index contributed by atoms with van der Waals surface area (Å²) in [7, 11) is 0. The van der Waals surface area contributed by atoms with E-state index in [9.17, 15) is 32.3 Å². The Morgan fingerprint density at radius 1 is 0.424 bits per heavy atom. The van der Waals surface area contributed by atoms with Gasteiger partial charge in [0.05, 0.1) is 34.8 Å². The second-order valence-corrected chi connectivity index (χ2v) is 30.8. The summed E-state index contributed by atoms with van der Waals surface area (Å²) in [6.45, 7) is 10.8. The van der Waals surface area contributed by atoms with Crippen molar-refractivity contribution in [2.45, 2.75) is 156 Å². The number of carbonyl (C=O) groups excluding carboxylic acids is 4. The van der Waals surface area contributed by atoms with Gasteiger partial charge in [-0.25, -0.2) is 13.2 Å². The summed E-state index contributed by atoms with van der Waals surface area (Å²) in [6.07, 6.45) is 33.7. The third kappa shape index (κ3) is 15.4. The van der Waals surface area contributed by atoms with Gasteiger partial charge in [0.15, 0.2) is 0 Å². The van der Waals surface area contributed by atoms with Gasteiger partial charge in [0.1, 0.15) is 35.8 Å². The number of amides is 1. The van der Waals surface area contributed by atoms with Crippen LogP contribution in [0.15, 0.2) is 146 Å². The Labute approximate surface area is 582 Å². The Hall–Kier alpha value is -8.00. The molecule has 0 unspecified atom stereocenters. The fourth-order valence-corrected chi connectivity index (χ4v) is 19.8. The molecule has 10 aliphatic rings. The fourth-order valence-electron chi connectivity index (χ4n) is 19.8. The van der Waals surface area contributed by atoms with Crippen LogP contribution < -0.4 is 5.32 Å². The monoisotopic (exact) mass is 1340 g/mol. The molecular weight excluding hydrogens is 1250 g/mol. The Balaban J connectivity index is 0.000000133. The molecule has 6 heterocycles. The molecule has 16 rings (SSSR count). The first kappa shape index (κ1) is 69.5. The molecule has 3 aromatic carbocycles. The minimum atomic E-state index is -0.262. The molecule has 7 saturated carbocycles. The number of ether oxygens (including phenoxy) is 3. The highest BCUT2D eigenvalue weighted by Crippen LogP contribution is 2.57. The average molecular weight is 1340 g/mol. The molecular formula is C85H97F3N4O7. The molecule has 0 spiro atoms. The highest BCUT2D eigenvalue weighted by molar-refractivity contribution is 5.81. The lowest BCUT2D eigenvalue weighted by Gasteiger charge is -2.47. The van der Waals surface area contributed by atoms with Gasteiger partial charge in [0.2, 0.25) is 5.91 Å². The van der Waals surface area contributed by atoms with Crippen molar-refractivity contribution in [1.82, 2.24) is 20.3 Å². The molecule has 0 bridgehead atoms. The molecule has 6 aromatic rings. The van der Waals surface area contributed by atoms with Crippen molar-refractivity contribution in [3.63, 3.8) is 0 Å². The third-order valence-electron chi connectivity index (χ3n) is 24.6. The number of carbonyl (C=O) groups is 4. The van der Waals surface area contributed by atoms with Crippen LogP contribution in [0.3, 0.4) is 0 Å². The molecule has 21 atom stereocenters. The molecule has 520 valence electrons. The average Bonchev–Trinajstić information content (AvgIpc) is 1.65. The summed E-state index contributed by atoms with van der Waals surface area (Å²) in [4.78, 5) is 63.9. The summed E-state index contributed by atoms with van der Waals surface area (Å²) in [5.74, 6) is 6.13. The van der Waals surface area contributed by atoms with Gasteiger partial charge in [-0.2, -0.15) is 0 Å². The summed E-state index contributed by atoms with van der Waals surface area (Å²) in [5.41, 5.74) is 7.76. The van der Waals surface area contributed by atoms with Crippen molar-refractivity contribution >= 4 is 42.0 Å². The quantitative estimate of drug-likeness (QED) is 0.0982. The number of nitrogens with zero attached hydrogens (tertiary/aromatic N) is 3. The van der Waals surface area contributed by atoms with Gasteiger partial charge in [0.25, 0.3) is 0 Å². The van der Waals surface area contributed by atoms with Crippen molar-refractivity contribution in [1.29, 1.82) is 0 Å². The van der Waals surface area contributed by atoms with E-state index in [4.69, 9.17) is 14.2 Å². The zero-order valence-electron chi connectivity index (χ0n) is 57.0. The highest BCUT2D eigenvalue weighted by atomic mass is 19.1. The van der Waals surface area contributed by atoms with Crippen molar-refractivity contribution < 1.29 is 46.6 Å². The number of nitrogens with one attached hydrogen (secondary N) is 1. The second-order valence-electron chi connectivity index (χ2n) is 30.8. The van der Waals surface area contributed by atoms with Crippen LogP contribution in [0.25, 0.3) is 51.6 Å². The number of aromatic nitrogens is 3. The van der Waals surface area contributed by atoms with E-state index >= 15 is 0 Å². The maximum Gasteiger partial charge on any atom is 0.309 e. The van der Waals surface area contributed by atoms with Crippen molar-refractivity contribution in [3.05, 3.63) is 181 Å². The van der Waals surface area contributed by atoms with E-state index in [1.54, 1.807) is 36.8 Å². The van der Waals surface area contributed by atoms with Crippen LogP contribution in [0.1, 0.15) is 149 Å². The molecule has 10 fully saturated rings. The second kappa shape index (κ2) is 30.1. The molecule has 3 aliphatic heterocycles. The van der Waals surface area contributed by atoms with Crippen LogP contribution in [0.4, 0.5) is 13.2 Å². The fraction of sp³-hybridized carbons (Fsp3) is 0.494. The summed E-state index contributed by atoms with van der Waals surface area (Å²) < 4.78 is 57.7. The van der Waals surface area contributed by atoms with Crippen LogP contribution in [-0.4, -0.2) is 63.1 Å². The van der Waals surface area contributed by atoms with E-state index < -0.39 is 0 Å². The highest BCUT2D eigenvalue weighted by Gasteiger charge is 2.57. The number of cyclic esters (lactones) is 3. The van der Waals surface area contributed by atoms with Crippen molar-refractivity contribution in [3.8, 4) is 33.4 Å². The van der Waals surface area contributed by atoms with Crippen molar-refractivity contribution in [2.75, 3.05) is 0 Å². The first-order valence-corrected chi connectivity index (χ1v) is 36.6. The third-order valence-corrected chi connectivity index (χ3v) is 24.6. The van der Waals surface area contributed by atoms with E-state index in [0.29, 0.717) is 47.3 Å². The largest absolute Gasteiger partial charge is 0.462 e. The number of rotatable bonds is 11. The van der Waals surface area contributed by atoms with E-state index in [1.807, 2.05) is 61.5 Å². The number of hydrogen-bond acceptors (Lipinski definition) is 10. The lowest BCUT2D eigenvalue weighted by atomic mass is 9.56. The van der Waals surface area contributed by atoms with Crippen LogP contribution in [-0.2, 0) is 33.4 Å². The summed E-state index contributed by atoms with van der Waals surface area (Å²) in [6, 6.07) is 31.8. The topological polar surface area (TPSA) is 147 Å². The number of fused-ring (bicyclic) bond motifs is 6. The molecule has 3 saturated heterocycles. The SMILES string of the molecule is C.C[C@@H]1CC[C@@H]2[C@@H](C1)C[C@H]1C(=O)O[C@H](C)[C@H]1[C@H]2/C=C/c1ccc(-c2cccc(F)c2)cn1.C[C@@H]1CC[C@@H]2[C@@H](C1)C[C@H]1C(=O)O[C@H](C)[C@H]1[C@H]2/C=C/c1ccc(-c2cccc(F)c2)cn1.C[C@H]1OC(=O)[C@@H]2C[C@@H]3C[C@H](NC(=O)C4CC4)CC[C@H]3[C@H](/C=C/c3ccc(-c4cccc(F)c4)cn3)[C@H]12. The van der Waals surface area contributed by atoms with Crippen LogP contribution in [0.5, 0.6) is 0 Å². The minimum Gasteiger partial charge on any atom is -0.462 e. The molecule has 11 nitrogen and oxygen atoms in total. The first-order chi connectivity index (χ1) is 47.4. The predicted octanol–water partition coefficient (Wildman–Crippen LogP) is 18.3. The van der Waals surface area contributed by atoms with Gasteiger partial charge in [0, 0.05) is 65.0 Å². The molecule has 0 radical (unpaired) electrons. The minimum absolute atomic E-state index is 0. The number of hydrogen-bond donors (Lipinski definition) is 1. The Bertz CT molecular complexity index is 3790. The first-order valence-electron chi connectivity index (χ1n) is 36.6. The van der Waals surface area contributed by atoms with E-state index in [1.165, 1.54) is 74.9 Å². The Morgan fingerprint density at radius 2 is 0.768 bits per heavy atom. The summed E-state index contributed by atoms with van der Waals surface area (Å²) in [5, 5.41) is 3.28. The van der Waals surface area contributed by atoms with Gasteiger partial charge in [-0.15, -0.1) is 0 Å². The number of benzene rings is 3. The number of allylic oxidation sites excluding steroid dienone is 3. The Morgan fingerprint density at radius 3 is 1.09 bits per heavy atom. The van der Waals surface area contributed by atoms with E-state index in [2.05, 4.69) is 84.4 Å². The molecule has 1 amide bonds. The normalized spacial score (nSPS) is 34.1. The van der Waals surface area contributed by atoms with Gasteiger partial charge >= 0.3 is 17.9 Å². The van der Waals surface area contributed by atoms with Crippen LogP contribution >= 0.6 is 0 Å². The number of halogens is 3. The lowest BCUT2D eigenvalue weighted by molar-refractivity contribution is -0.145. The molecule has 14 heteroatoms. The number of esters is 3. The van der Waals surface area contributed by atoms with Gasteiger partial charge < -0.3 is 19.5 Å². The van der Waals surface area contributed by atoms with Crippen molar-refractivity contribution in [2.24, 2.45) is 107 Å². The molecule has 7 aliphatic carbocycles. The van der Waals surface area contributed by atoms with Gasteiger partial charge in [-0.05, 0) is 252 Å². The smallest absolute Gasteiger partial charge is 0.309 e. The maximum absolute atomic E-state index is 13.6. The van der Waals surface area contributed by atoms with Gasteiger partial charge in [-0.3, -0.25) is 34.1 Å². The lowest BCUT2D eigenvalue weighted by Crippen LogP contribution is -2.48. The summed E-state index contributed by atoms with van der Waals surface area (Å²) >= 11 is 0. The van der Waals surface area contributed by atoms with E-state index in [-0.39, 0.29) is 120 Å². The Kier molecular flexibility index (Phi) is 21.1. The zero-order chi connectivity index (χ0) is 67.9. The molecule has 1 N–H and O–H groups in total. The van der Waals surface area contributed by atoms with Crippen LogP contribution in [0, 0.1) is 124 Å². The zero-order valence-corrected chi connectivity index (χ0v) is 57.0. The molecule has 99 heavy (non-hydrogen) atoms. The van der Waals surface area contributed by atoms with Crippen LogP contribution in [0.2, 0.25) is 0 Å².